The molecule has 150 valence electrons. The van der Waals surface area contributed by atoms with E-state index in [1.807, 2.05) is 19.9 Å². The Hall–Kier alpha value is -2.11. The number of nitrogens with one attached hydrogen (secondary N) is 1. The molecular formula is C21H23Cl2FN2O2. The molecule has 2 aromatic carbocycles. The van der Waals surface area contributed by atoms with Crippen LogP contribution in [0.25, 0.3) is 0 Å². The third kappa shape index (κ3) is 5.46. The van der Waals surface area contributed by atoms with Crippen LogP contribution in [-0.2, 0) is 22.6 Å². The summed E-state index contributed by atoms with van der Waals surface area (Å²) < 4.78 is 14.2. The molecule has 0 aromatic heterocycles. The Morgan fingerprint density at radius 1 is 1.07 bits per heavy atom. The first-order valence-corrected chi connectivity index (χ1v) is 9.88. The first-order valence-electron chi connectivity index (χ1n) is 9.12. The van der Waals surface area contributed by atoms with E-state index in [1.165, 1.54) is 23.1 Å². The number of likely N-dealkylation sites (N-methyl/N-ethyl adjacent to an activating group) is 1. The van der Waals surface area contributed by atoms with Crippen LogP contribution in [0.3, 0.4) is 0 Å². The van der Waals surface area contributed by atoms with Crippen molar-refractivity contribution in [1.82, 2.24) is 10.2 Å². The predicted molar refractivity (Wildman–Crippen MR) is 110 cm³/mol. The summed E-state index contributed by atoms with van der Waals surface area (Å²) in [6, 6.07) is 10.7. The predicted octanol–water partition coefficient (Wildman–Crippen LogP) is 4.62. The van der Waals surface area contributed by atoms with Crippen molar-refractivity contribution >= 4 is 35.0 Å². The van der Waals surface area contributed by atoms with E-state index in [9.17, 15) is 14.0 Å². The summed E-state index contributed by atoms with van der Waals surface area (Å²) in [7, 11) is 0. The second-order valence-corrected chi connectivity index (χ2v) is 7.12. The fourth-order valence-electron chi connectivity index (χ4n) is 2.98. The molecule has 4 nitrogen and oxygen atoms in total. The Kier molecular flexibility index (Phi) is 8.27. The molecule has 2 amide bonds. The first-order chi connectivity index (χ1) is 13.4. The summed E-state index contributed by atoms with van der Waals surface area (Å²) >= 11 is 12.3. The molecular weight excluding hydrogens is 402 g/mol. The number of carbonyl (C=O) groups is 2. The van der Waals surface area contributed by atoms with Gasteiger partial charge >= 0.3 is 0 Å². The number of nitrogens with zero attached hydrogens (tertiary/aromatic N) is 1. The Bertz CT molecular complexity index is 825. The largest absolute Gasteiger partial charge is 0.355 e. The standard InChI is InChI=1S/C21H23Cl2FN2O2/c1-3-19(21(28)25-4-2)26(13-14-8-5-6-9-16(14)22)20(27)12-15-17(23)10-7-11-18(15)24/h5-11,19H,3-4,12-13H2,1-2H3,(H,25,28). The zero-order valence-corrected chi connectivity index (χ0v) is 17.4. The van der Waals surface area contributed by atoms with E-state index in [-0.39, 0.29) is 29.5 Å². The molecule has 0 aliphatic rings. The number of rotatable bonds is 8. The van der Waals surface area contributed by atoms with Crippen molar-refractivity contribution in [3.8, 4) is 0 Å². The second-order valence-electron chi connectivity index (χ2n) is 6.31. The van der Waals surface area contributed by atoms with E-state index in [0.29, 0.717) is 23.6 Å². The molecule has 2 rings (SSSR count). The highest BCUT2D eigenvalue weighted by molar-refractivity contribution is 6.31. The van der Waals surface area contributed by atoms with E-state index in [4.69, 9.17) is 23.2 Å². The Morgan fingerprint density at radius 3 is 2.36 bits per heavy atom. The van der Waals surface area contributed by atoms with E-state index >= 15 is 0 Å². The zero-order chi connectivity index (χ0) is 20.7. The van der Waals surface area contributed by atoms with E-state index in [2.05, 4.69) is 5.32 Å². The maximum atomic E-state index is 14.2. The van der Waals surface area contributed by atoms with Crippen molar-refractivity contribution < 1.29 is 14.0 Å². The average molecular weight is 425 g/mol. The van der Waals surface area contributed by atoms with Crippen molar-refractivity contribution in [3.05, 3.63) is 69.5 Å². The lowest BCUT2D eigenvalue weighted by Gasteiger charge is -2.31. The van der Waals surface area contributed by atoms with Crippen LogP contribution in [0.5, 0.6) is 0 Å². The van der Waals surface area contributed by atoms with Crippen LogP contribution < -0.4 is 5.32 Å². The number of hydrogen-bond acceptors (Lipinski definition) is 2. The lowest BCUT2D eigenvalue weighted by molar-refractivity contribution is -0.140. The van der Waals surface area contributed by atoms with E-state index in [1.54, 1.807) is 18.2 Å². The summed E-state index contributed by atoms with van der Waals surface area (Å²) in [5.41, 5.74) is 0.823. The zero-order valence-electron chi connectivity index (χ0n) is 15.8. The van der Waals surface area contributed by atoms with Gasteiger partial charge in [0.2, 0.25) is 11.8 Å². The maximum Gasteiger partial charge on any atom is 0.242 e. The van der Waals surface area contributed by atoms with Gasteiger partial charge in [0.1, 0.15) is 11.9 Å². The number of benzene rings is 2. The molecule has 0 radical (unpaired) electrons. The lowest BCUT2D eigenvalue weighted by Crippen LogP contribution is -2.49. The van der Waals surface area contributed by atoms with Gasteiger partial charge in [0, 0.05) is 28.7 Å². The monoisotopic (exact) mass is 424 g/mol. The van der Waals surface area contributed by atoms with E-state index in [0.717, 1.165) is 0 Å². The quantitative estimate of drug-likeness (QED) is 0.671. The fourth-order valence-corrected chi connectivity index (χ4v) is 3.40. The Labute approximate surface area is 174 Å². The van der Waals surface area contributed by atoms with Crippen LogP contribution in [-0.4, -0.2) is 29.3 Å². The minimum atomic E-state index is -0.700. The molecule has 7 heteroatoms. The molecule has 0 bridgehead atoms. The number of carbonyl (C=O) groups excluding carboxylic acids is 2. The number of hydrogen-bond donors (Lipinski definition) is 1. The van der Waals surface area contributed by atoms with Crippen molar-refractivity contribution in [1.29, 1.82) is 0 Å². The van der Waals surface area contributed by atoms with Crippen molar-refractivity contribution in [2.24, 2.45) is 0 Å². The van der Waals surface area contributed by atoms with Crippen LogP contribution in [0.15, 0.2) is 42.5 Å². The highest BCUT2D eigenvalue weighted by atomic mass is 35.5. The molecule has 0 spiro atoms. The third-order valence-corrected chi connectivity index (χ3v) is 5.15. The topological polar surface area (TPSA) is 49.4 Å². The van der Waals surface area contributed by atoms with Crippen LogP contribution >= 0.6 is 23.2 Å². The van der Waals surface area contributed by atoms with Crippen LogP contribution in [0.1, 0.15) is 31.4 Å². The molecule has 1 atom stereocenters. The smallest absolute Gasteiger partial charge is 0.242 e. The summed E-state index contributed by atoms with van der Waals surface area (Å²) in [5.74, 6) is -1.21. The van der Waals surface area contributed by atoms with E-state index < -0.39 is 17.8 Å². The first kappa shape index (κ1) is 22.2. The fraction of sp³-hybridized carbons (Fsp3) is 0.333. The van der Waals surface area contributed by atoms with Gasteiger partial charge in [-0.15, -0.1) is 0 Å². The van der Waals surface area contributed by atoms with Gasteiger partial charge in [-0.2, -0.15) is 0 Å². The molecule has 2 aromatic rings. The van der Waals surface area contributed by atoms with Gasteiger partial charge < -0.3 is 10.2 Å². The summed E-state index contributed by atoms with van der Waals surface area (Å²) in [6.45, 7) is 4.22. The molecule has 0 saturated heterocycles. The van der Waals surface area contributed by atoms with Crippen molar-refractivity contribution in [2.45, 2.75) is 39.3 Å². The average Bonchev–Trinajstić information content (AvgIpc) is 2.66. The van der Waals surface area contributed by atoms with Gasteiger partial charge in [0.05, 0.1) is 6.42 Å². The van der Waals surface area contributed by atoms with Crippen molar-refractivity contribution in [3.63, 3.8) is 0 Å². The van der Waals surface area contributed by atoms with Crippen LogP contribution in [0, 0.1) is 5.82 Å². The van der Waals surface area contributed by atoms with Crippen LogP contribution in [0.4, 0.5) is 4.39 Å². The van der Waals surface area contributed by atoms with Gasteiger partial charge in [-0.05, 0) is 37.1 Å². The highest BCUT2D eigenvalue weighted by Gasteiger charge is 2.29. The Balaban J connectivity index is 2.37. The van der Waals surface area contributed by atoms with Gasteiger partial charge in [-0.3, -0.25) is 9.59 Å². The normalized spacial score (nSPS) is 11.8. The number of amides is 2. The summed E-state index contributed by atoms with van der Waals surface area (Å²) in [6.07, 6.45) is 0.166. The number of halogens is 3. The molecule has 0 fully saturated rings. The van der Waals surface area contributed by atoms with Gasteiger partial charge in [0.25, 0.3) is 0 Å². The molecule has 0 saturated carbocycles. The third-order valence-electron chi connectivity index (χ3n) is 4.43. The summed E-state index contributed by atoms with van der Waals surface area (Å²) in [4.78, 5) is 27.1. The molecule has 1 N–H and O–H groups in total. The van der Waals surface area contributed by atoms with Gasteiger partial charge in [-0.25, -0.2) is 4.39 Å². The van der Waals surface area contributed by atoms with Gasteiger partial charge in [0.15, 0.2) is 0 Å². The SMILES string of the molecule is CCNC(=O)C(CC)N(Cc1ccccc1Cl)C(=O)Cc1c(F)cccc1Cl. The lowest BCUT2D eigenvalue weighted by atomic mass is 10.1. The molecule has 0 aliphatic carbocycles. The molecule has 28 heavy (non-hydrogen) atoms. The van der Waals surface area contributed by atoms with Crippen molar-refractivity contribution in [2.75, 3.05) is 6.54 Å². The van der Waals surface area contributed by atoms with Gasteiger partial charge in [-0.1, -0.05) is 54.4 Å². The minimum absolute atomic E-state index is 0.115. The summed E-state index contributed by atoms with van der Waals surface area (Å²) in [5, 5.41) is 3.43. The molecule has 0 aliphatic heterocycles. The minimum Gasteiger partial charge on any atom is -0.355 e. The maximum absolute atomic E-state index is 14.2. The van der Waals surface area contributed by atoms with Crippen LogP contribution in [0.2, 0.25) is 10.0 Å². The second kappa shape index (κ2) is 10.4. The molecule has 1 unspecified atom stereocenters. The Morgan fingerprint density at radius 2 is 1.75 bits per heavy atom. The molecule has 0 heterocycles. The highest BCUT2D eigenvalue weighted by Crippen LogP contribution is 2.23.